The monoisotopic (exact) mass is 375 g/mol. The first-order chi connectivity index (χ1) is 11.5. The van der Waals surface area contributed by atoms with Crippen molar-refractivity contribution in [1.82, 2.24) is 14.1 Å². The van der Waals surface area contributed by atoms with Crippen LogP contribution in [0.3, 0.4) is 0 Å². The van der Waals surface area contributed by atoms with Gasteiger partial charge in [-0.2, -0.15) is 4.31 Å². The minimum atomic E-state index is -3.22. The predicted octanol–water partition coefficient (Wildman–Crippen LogP) is 0.880. The molecule has 2 amide bonds. The Morgan fingerprint density at radius 3 is 2.20 bits per heavy atom. The zero-order valence-electron chi connectivity index (χ0n) is 15.5. The van der Waals surface area contributed by atoms with Crippen molar-refractivity contribution in [3.05, 3.63) is 0 Å². The Balaban J connectivity index is 1.97. The molecule has 1 atom stereocenters. The number of sulfonamides is 1. The van der Waals surface area contributed by atoms with E-state index in [0.29, 0.717) is 39.1 Å². The molecule has 2 aliphatic rings. The van der Waals surface area contributed by atoms with Crippen LogP contribution in [0.1, 0.15) is 40.5 Å². The smallest absolute Gasteiger partial charge is 0.410 e. The summed E-state index contributed by atoms with van der Waals surface area (Å²) in [6.07, 6.45) is 0.918. The molecule has 2 aliphatic heterocycles. The van der Waals surface area contributed by atoms with Gasteiger partial charge in [-0.25, -0.2) is 13.2 Å². The van der Waals surface area contributed by atoms with Crippen LogP contribution in [0.2, 0.25) is 0 Å². The van der Waals surface area contributed by atoms with E-state index in [2.05, 4.69) is 0 Å². The van der Waals surface area contributed by atoms with Gasteiger partial charge in [0.05, 0.1) is 5.75 Å². The van der Waals surface area contributed by atoms with E-state index in [-0.39, 0.29) is 11.7 Å². The molecule has 0 aromatic heterocycles. The summed E-state index contributed by atoms with van der Waals surface area (Å²) in [5.41, 5.74) is -0.604. The molecule has 0 saturated carbocycles. The molecule has 2 saturated heterocycles. The van der Waals surface area contributed by atoms with Crippen LogP contribution in [-0.4, -0.2) is 84.6 Å². The van der Waals surface area contributed by atoms with Gasteiger partial charge in [0.1, 0.15) is 11.6 Å². The molecular formula is C16H29N3O5S. The molecule has 1 unspecified atom stereocenters. The summed E-state index contributed by atoms with van der Waals surface area (Å²) in [5, 5.41) is 0. The molecule has 0 aliphatic carbocycles. The maximum atomic E-state index is 12.8. The number of ether oxygens (including phenoxy) is 1. The maximum absolute atomic E-state index is 12.8. The highest BCUT2D eigenvalue weighted by atomic mass is 32.2. The molecule has 0 bridgehead atoms. The molecule has 2 heterocycles. The molecular weight excluding hydrogens is 346 g/mol. The fraction of sp³-hybridized carbons (Fsp3) is 0.875. The van der Waals surface area contributed by atoms with Gasteiger partial charge in [-0.15, -0.1) is 0 Å². The number of hydrogen-bond acceptors (Lipinski definition) is 5. The van der Waals surface area contributed by atoms with Crippen molar-refractivity contribution in [2.75, 3.05) is 38.5 Å². The number of nitrogens with zero attached hydrogens (tertiary/aromatic N) is 3. The average Bonchev–Trinajstić information content (AvgIpc) is 3.02. The summed E-state index contributed by atoms with van der Waals surface area (Å²) in [7, 11) is -3.22. The van der Waals surface area contributed by atoms with Gasteiger partial charge in [-0.3, -0.25) is 9.69 Å². The second-order valence-electron chi connectivity index (χ2n) is 7.46. The van der Waals surface area contributed by atoms with E-state index in [1.54, 1.807) is 32.6 Å². The van der Waals surface area contributed by atoms with E-state index in [1.165, 1.54) is 9.21 Å². The van der Waals surface area contributed by atoms with Gasteiger partial charge in [0.15, 0.2) is 0 Å². The summed E-state index contributed by atoms with van der Waals surface area (Å²) in [5.74, 6) is -0.0485. The second kappa shape index (κ2) is 7.49. The van der Waals surface area contributed by atoms with Crippen molar-refractivity contribution in [2.24, 2.45) is 0 Å². The summed E-state index contributed by atoms with van der Waals surface area (Å²) >= 11 is 0. The molecule has 25 heavy (non-hydrogen) atoms. The first kappa shape index (κ1) is 20.0. The molecule has 2 fully saturated rings. The van der Waals surface area contributed by atoms with Crippen LogP contribution in [0.25, 0.3) is 0 Å². The van der Waals surface area contributed by atoms with Crippen molar-refractivity contribution < 1.29 is 22.7 Å². The third kappa shape index (κ3) is 4.84. The highest BCUT2D eigenvalue weighted by Gasteiger charge is 2.39. The first-order valence-electron chi connectivity index (χ1n) is 8.81. The molecule has 9 heteroatoms. The fourth-order valence-corrected chi connectivity index (χ4v) is 4.23. The lowest BCUT2D eigenvalue weighted by Crippen LogP contribution is -2.55. The van der Waals surface area contributed by atoms with Crippen molar-refractivity contribution in [2.45, 2.75) is 52.2 Å². The third-order valence-corrected chi connectivity index (χ3v) is 6.36. The second-order valence-corrected chi connectivity index (χ2v) is 9.71. The number of rotatable bonds is 3. The van der Waals surface area contributed by atoms with Crippen LogP contribution < -0.4 is 0 Å². The summed E-state index contributed by atoms with van der Waals surface area (Å²) < 4.78 is 30.7. The van der Waals surface area contributed by atoms with Gasteiger partial charge in [-0.1, -0.05) is 0 Å². The van der Waals surface area contributed by atoms with E-state index in [4.69, 9.17) is 4.74 Å². The number of piperazine rings is 1. The van der Waals surface area contributed by atoms with Crippen LogP contribution in [-0.2, 0) is 19.6 Å². The van der Waals surface area contributed by atoms with Gasteiger partial charge in [0.2, 0.25) is 15.9 Å². The molecule has 0 spiro atoms. The molecule has 144 valence electrons. The molecule has 8 nitrogen and oxygen atoms in total. The quantitative estimate of drug-likeness (QED) is 0.731. The lowest BCUT2D eigenvalue weighted by Gasteiger charge is -2.36. The molecule has 0 aromatic rings. The van der Waals surface area contributed by atoms with Crippen LogP contribution in [0, 0.1) is 0 Å². The van der Waals surface area contributed by atoms with E-state index < -0.39 is 27.8 Å². The van der Waals surface area contributed by atoms with Crippen LogP contribution in [0.5, 0.6) is 0 Å². The summed E-state index contributed by atoms with van der Waals surface area (Å²) in [4.78, 5) is 28.3. The highest BCUT2D eigenvalue weighted by molar-refractivity contribution is 7.89. The van der Waals surface area contributed by atoms with Crippen molar-refractivity contribution in [3.8, 4) is 0 Å². The zero-order valence-corrected chi connectivity index (χ0v) is 16.3. The van der Waals surface area contributed by atoms with Gasteiger partial charge in [0, 0.05) is 32.7 Å². The maximum Gasteiger partial charge on any atom is 0.410 e. The Labute approximate surface area is 150 Å². The molecule has 0 radical (unpaired) electrons. The Kier molecular flexibility index (Phi) is 5.98. The molecule has 2 rings (SSSR count). The number of carbonyl (C=O) groups is 2. The van der Waals surface area contributed by atoms with E-state index in [9.17, 15) is 18.0 Å². The lowest BCUT2D eigenvalue weighted by molar-refractivity contribution is -0.137. The van der Waals surface area contributed by atoms with E-state index in [1.807, 2.05) is 0 Å². The topological polar surface area (TPSA) is 87.2 Å². The van der Waals surface area contributed by atoms with Crippen LogP contribution >= 0.6 is 0 Å². The minimum Gasteiger partial charge on any atom is -0.444 e. The third-order valence-electron chi connectivity index (χ3n) is 4.47. The van der Waals surface area contributed by atoms with Gasteiger partial charge in [0.25, 0.3) is 0 Å². The standard InChI is InChI=1S/C16H29N3O5S/c1-5-25(22,23)18-11-9-17(10-12-18)14(20)13-7-6-8-19(13)15(21)24-16(2,3)4/h13H,5-12H2,1-4H3. The summed E-state index contributed by atoms with van der Waals surface area (Å²) in [6.45, 7) is 8.84. The van der Waals surface area contributed by atoms with Gasteiger partial charge < -0.3 is 9.64 Å². The highest BCUT2D eigenvalue weighted by Crippen LogP contribution is 2.23. The van der Waals surface area contributed by atoms with Crippen molar-refractivity contribution >= 4 is 22.0 Å². The lowest BCUT2D eigenvalue weighted by atomic mass is 10.1. The first-order valence-corrected chi connectivity index (χ1v) is 10.4. The van der Waals surface area contributed by atoms with Gasteiger partial charge >= 0.3 is 6.09 Å². The molecule has 0 N–H and O–H groups in total. The number of carbonyl (C=O) groups excluding carboxylic acids is 2. The Hall–Kier alpha value is -1.35. The molecule has 0 aromatic carbocycles. The fourth-order valence-electron chi connectivity index (χ4n) is 3.14. The van der Waals surface area contributed by atoms with Crippen LogP contribution in [0.15, 0.2) is 0 Å². The number of amides is 2. The van der Waals surface area contributed by atoms with E-state index in [0.717, 1.165) is 6.42 Å². The largest absolute Gasteiger partial charge is 0.444 e. The SMILES string of the molecule is CCS(=O)(=O)N1CCN(C(=O)C2CCCN2C(=O)OC(C)(C)C)CC1. The summed E-state index contributed by atoms with van der Waals surface area (Å²) in [6, 6.07) is -0.510. The Bertz CT molecular complexity index is 606. The Morgan fingerprint density at radius 1 is 1.08 bits per heavy atom. The normalized spacial score (nSPS) is 23.0. The predicted molar refractivity (Wildman–Crippen MR) is 93.6 cm³/mol. The van der Waals surface area contributed by atoms with Crippen molar-refractivity contribution in [3.63, 3.8) is 0 Å². The van der Waals surface area contributed by atoms with Gasteiger partial charge in [-0.05, 0) is 40.5 Å². The average molecular weight is 375 g/mol. The number of likely N-dealkylation sites (tertiary alicyclic amines) is 1. The minimum absolute atomic E-state index is 0.0655. The van der Waals surface area contributed by atoms with Crippen molar-refractivity contribution in [1.29, 1.82) is 0 Å². The number of hydrogen-bond donors (Lipinski definition) is 0. The Morgan fingerprint density at radius 2 is 1.68 bits per heavy atom. The van der Waals surface area contributed by atoms with E-state index >= 15 is 0 Å². The zero-order chi connectivity index (χ0) is 18.8. The van der Waals surface area contributed by atoms with Crippen LogP contribution in [0.4, 0.5) is 4.79 Å².